The van der Waals surface area contributed by atoms with E-state index >= 15 is 0 Å². The van der Waals surface area contributed by atoms with Gasteiger partial charge in [0, 0.05) is 7.11 Å². The second-order valence-electron chi connectivity index (χ2n) is 3.94. The number of ether oxygens (including phenoxy) is 2. The molecule has 0 amide bonds. The number of furan rings is 1. The van der Waals surface area contributed by atoms with E-state index in [9.17, 15) is 4.79 Å². The lowest BCUT2D eigenvalue weighted by Crippen LogP contribution is -1.96. The Hall–Kier alpha value is -2.27. The van der Waals surface area contributed by atoms with Crippen LogP contribution in [0.15, 0.2) is 40.8 Å². The predicted molar refractivity (Wildman–Crippen MR) is 67.2 cm³/mol. The highest BCUT2D eigenvalue weighted by Crippen LogP contribution is 2.16. The van der Waals surface area contributed by atoms with Crippen LogP contribution in [0.25, 0.3) is 0 Å². The summed E-state index contributed by atoms with van der Waals surface area (Å²) in [7, 11) is 1.63. The van der Waals surface area contributed by atoms with Crippen LogP contribution in [-0.2, 0) is 18.0 Å². The minimum absolute atomic E-state index is 0.0910. The van der Waals surface area contributed by atoms with E-state index in [0.717, 1.165) is 5.56 Å². The van der Waals surface area contributed by atoms with Gasteiger partial charge in [-0.2, -0.15) is 0 Å². The second kappa shape index (κ2) is 6.06. The van der Waals surface area contributed by atoms with Crippen LogP contribution >= 0.6 is 0 Å². The molecule has 5 heteroatoms. The molecule has 1 aromatic heterocycles. The third-order valence-corrected chi connectivity index (χ3v) is 2.46. The Morgan fingerprint density at radius 3 is 2.79 bits per heavy atom. The quantitative estimate of drug-likeness (QED) is 0.866. The van der Waals surface area contributed by atoms with Crippen molar-refractivity contribution in [2.45, 2.75) is 13.2 Å². The van der Waals surface area contributed by atoms with Crippen molar-refractivity contribution in [1.29, 1.82) is 0 Å². The third-order valence-electron chi connectivity index (χ3n) is 2.46. The Morgan fingerprint density at radius 2 is 2.11 bits per heavy atom. The number of benzene rings is 1. The maximum atomic E-state index is 10.7. The summed E-state index contributed by atoms with van der Waals surface area (Å²) < 4.78 is 15.7. The molecule has 0 saturated carbocycles. The van der Waals surface area contributed by atoms with E-state index in [2.05, 4.69) is 0 Å². The van der Waals surface area contributed by atoms with Gasteiger partial charge in [0.2, 0.25) is 5.76 Å². The molecule has 0 aliphatic carbocycles. The standard InChI is InChI=1S/C14H14O5/c1-17-8-10-3-2-4-11(7-10)18-9-12-5-6-13(19-12)14(15)16/h2-7H,8-9H2,1H3,(H,15,16). The molecule has 19 heavy (non-hydrogen) atoms. The van der Waals surface area contributed by atoms with Gasteiger partial charge in [0.1, 0.15) is 18.1 Å². The summed E-state index contributed by atoms with van der Waals surface area (Å²) in [6.07, 6.45) is 0. The van der Waals surface area contributed by atoms with Crippen molar-refractivity contribution >= 4 is 5.97 Å². The molecule has 2 aromatic rings. The summed E-state index contributed by atoms with van der Waals surface area (Å²) in [6, 6.07) is 10.5. The lowest BCUT2D eigenvalue weighted by atomic mass is 10.2. The van der Waals surface area contributed by atoms with Crippen molar-refractivity contribution in [1.82, 2.24) is 0 Å². The van der Waals surface area contributed by atoms with Crippen molar-refractivity contribution in [3.8, 4) is 5.75 Å². The van der Waals surface area contributed by atoms with Gasteiger partial charge in [0.25, 0.3) is 0 Å². The number of carboxylic acid groups (broad SMARTS) is 1. The van der Waals surface area contributed by atoms with Gasteiger partial charge in [0.15, 0.2) is 0 Å². The Morgan fingerprint density at radius 1 is 1.26 bits per heavy atom. The van der Waals surface area contributed by atoms with Crippen molar-refractivity contribution in [3.63, 3.8) is 0 Å². The molecule has 0 atom stereocenters. The molecule has 2 rings (SSSR count). The van der Waals surface area contributed by atoms with E-state index in [1.807, 2.05) is 24.3 Å². The van der Waals surface area contributed by atoms with Crippen LogP contribution in [0.5, 0.6) is 5.75 Å². The van der Waals surface area contributed by atoms with E-state index in [1.165, 1.54) is 6.07 Å². The summed E-state index contributed by atoms with van der Waals surface area (Å²) in [6.45, 7) is 0.699. The number of carboxylic acids is 1. The van der Waals surface area contributed by atoms with Gasteiger partial charge in [-0.1, -0.05) is 12.1 Å². The smallest absolute Gasteiger partial charge is 0.371 e. The van der Waals surface area contributed by atoms with E-state index in [1.54, 1.807) is 13.2 Å². The first kappa shape index (κ1) is 13.2. The minimum atomic E-state index is -1.09. The number of methoxy groups -OCH3 is 1. The van der Waals surface area contributed by atoms with Gasteiger partial charge in [0.05, 0.1) is 6.61 Å². The van der Waals surface area contributed by atoms with Gasteiger partial charge in [-0.25, -0.2) is 4.79 Å². The van der Waals surface area contributed by atoms with E-state index in [0.29, 0.717) is 18.1 Å². The van der Waals surface area contributed by atoms with E-state index < -0.39 is 5.97 Å². The molecule has 0 fully saturated rings. The van der Waals surface area contributed by atoms with E-state index in [4.69, 9.17) is 19.0 Å². The Kier molecular flexibility index (Phi) is 4.20. The SMILES string of the molecule is COCc1cccc(OCc2ccc(C(=O)O)o2)c1. The van der Waals surface area contributed by atoms with Crippen LogP contribution in [-0.4, -0.2) is 18.2 Å². The number of hydrogen-bond acceptors (Lipinski definition) is 4. The molecule has 0 aliphatic heterocycles. The first-order valence-electron chi connectivity index (χ1n) is 5.71. The monoisotopic (exact) mass is 262 g/mol. The first-order valence-corrected chi connectivity index (χ1v) is 5.71. The highest BCUT2D eigenvalue weighted by molar-refractivity contribution is 5.84. The van der Waals surface area contributed by atoms with Gasteiger partial charge in [-0.3, -0.25) is 0 Å². The average molecular weight is 262 g/mol. The van der Waals surface area contributed by atoms with Crippen LogP contribution < -0.4 is 4.74 Å². The molecule has 0 radical (unpaired) electrons. The fraction of sp³-hybridized carbons (Fsp3) is 0.214. The summed E-state index contributed by atoms with van der Waals surface area (Å²) in [4.78, 5) is 10.7. The Balaban J connectivity index is 1.97. The maximum absolute atomic E-state index is 10.7. The second-order valence-corrected chi connectivity index (χ2v) is 3.94. The molecule has 0 spiro atoms. The van der Waals surface area contributed by atoms with Gasteiger partial charge in [-0.05, 0) is 29.8 Å². The Labute approximate surface area is 110 Å². The number of hydrogen-bond donors (Lipinski definition) is 1. The van der Waals surface area contributed by atoms with Crippen LogP contribution in [0, 0.1) is 0 Å². The lowest BCUT2D eigenvalue weighted by Gasteiger charge is -2.06. The number of rotatable bonds is 6. The molecule has 5 nitrogen and oxygen atoms in total. The zero-order valence-corrected chi connectivity index (χ0v) is 10.5. The van der Waals surface area contributed by atoms with Crippen LogP contribution in [0.3, 0.4) is 0 Å². The fourth-order valence-electron chi connectivity index (χ4n) is 1.62. The molecule has 0 aliphatic rings. The largest absolute Gasteiger partial charge is 0.486 e. The summed E-state index contributed by atoms with van der Waals surface area (Å²) in [5, 5.41) is 8.73. The maximum Gasteiger partial charge on any atom is 0.371 e. The molecule has 1 aromatic carbocycles. The normalized spacial score (nSPS) is 10.4. The van der Waals surface area contributed by atoms with Crippen LogP contribution in [0.2, 0.25) is 0 Å². The van der Waals surface area contributed by atoms with Crippen molar-refractivity contribution in [2.24, 2.45) is 0 Å². The topological polar surface area (TPSA) is 68.9 Å². The molecule has 1 N–H and O–H groups in total. The number of aromatic carboxylic acids is 1. The van der Waals surface area contributed by atoms with Crippen molar-refractivity contribution in [2.75, 3.05) is 7.11 Å². The molecule has 0 saturated heterocycles. The van der Waals surface area contributed by atoms with E-state index in [-0.39, 0.29) is 12.4 Å². The average Bonchev–Trinajstić information content (AvgIpc) is 2.86. The zero-order chi connectivity index (χ0) is 13.7. The molecule has 0 unspecified atom stereocenters. The summed E-state index contributed by atoms with van der Waals surface area (Å²) in [5.41, 5.74) is 1.01. The van der Waals surface area contributed by atoms with Gasteiger partial charge in [-0.15, -0.1) is 0 Å². The first-order chi connectivity index (χ1) is 9.19. The van der Waals surface area contributed by atoms with Crippen LogP contribution in [0.1, 0.15) is 21.9 Å². The molecular weight excluding hydrogens is 248 g/mol. The third kappa shape index (κ3) is 3.59. The highest BCUT2D eigenvalue weighted by Gasteiger charge is 2.09. The lowest BCUT2D eigenvalue weighted by molar-refractivity contribution is 0.0658. The van der Waals surface area contributed by atoms with Crippen molar-refractivity contribution < 1.29 is 23.8 Å². The summed E-state index contributed by atoms with van der Waals surface area (Å²) >= 11 is 0. The molecule has 100 valence electrons. The Bertz CT molecular complexity index is 558. The van der Waals surface area contributed by atoms with Gasteiger partial charge >= 0.3 is 5.97 Å². The highest BCUT2D eigenvalue weighted by atomic mass is 16.5. The van der Waals surface area contributed by atoms with Crippen LogP contribution in [0.4, 0.5) is 0 Å². The number of carbonyl (C=O) groups is 1. The zero-order valence-electron chi connectivity index (χ0n) is 10.5. The van der Waals surface area contributed by atoms with Gasteiger partial charge < -0.3 is 19.0 Å². The fourth-order valence-corrected chi connectivity index (χ4v) is 1.62. The molecule has 1 heterocycles. The molecule has 0 bridgehead atoms. The summed E-state index contributed by atoms with van der Waals surface area (Å²) in [5.74, 6) is -0.0301. The minimum Gasteiger partial charge on any atom is -0.486 e. The van der Waals surface area contributed by atoms with Crippen molar-refractivity contribution in [3.05, 3.63) is 53.5 Å². The predicted octanol–water partition coefficient (Wildman–Crippen LogP) is 2.70. The molecular formula is C14H14O5.